The number of rotatable bonds is 3. The molecule has 2 rings (SSSR count). The molecule has 0 bridgehead atoms. The highest BCUT2D eigenvalue weighted by molar-refractivity contribution is 5.08. The van der Waals surface area contributed by atoms with Gasteiger partial charge < -0.3 is 10.1 Å². The summed E-state index contributed by atoms with van der Waals surface area (Å²) in [4.78, 5) is 3.97. The predicted octanol–water partition coefficient (Wildman–Crippen LogP) is 0.803. The lowest BCUT2D eigenvalue weighted by Gasteiger charge is -2.23. The Hall–Kier alpha value is -0.930. The maximum atomic E-state index is 5.61. The van der Waals surface area contributed by atoms with Crippen LogP contribution in [0.25, 0.3) is 0 Å². The van der Waals surface area contributed by atoms with Gasteiger partial charge in [-0.05, 0) is 24.5 Å². The molecule has 0 aliphatic carbocycles. The zero-order chi connectivity index (χ0) is 9.64. The van der Waals surface area contributed by atoms with Crippen LogP contribution in [0.1, 0.15) is 12.0 Å². The van der Waals surface area contributed by atoms with Crippen molar-refractivity contribution in [3.8, 4) is 0 Å². The number of aromatic nitrogens is 1. The van der Waals surface area contributed by atoms with Crippen molar-refractivity contribution in [2.24, 2.45) is 0 Å². The molecule has 1 N–H and O–H groups in total. The maximum Gasteiger partial charge on any atom is 0.0886 e. The van der Waals surface area contributed by atoms with E-state index in [2.05, 4.69) is 22.6 Å². The van der Waals surface area contributed by atoms with Gasteiger partial charge in [0.1, 0.15) is 0 Å². The van der Waals surface area contributed by atoms with Crippen molar-refractivity contribution in [3.63, 3.8) is 0 Å². The lowest BCUT2D eigenvalue weighted by molar-refractivity contribution is 0.0238. The van der Waals surface area contributed by atoms with Gasteiger partial charge in [-0.2, -0.15) is 0 Å². The Balaban J connectivity index is 1.76. The van der Waals surface area contributed by atoms with E-state index in [-0.39, 0.29) is 0 Å². The maximum absolute atomic E-state index is 5.61. The molecule has 1 fully saturated rings. The fourth-order valence-corrected chi connectivity index (χ4v) is 1.63. The predicted molar refractivity (Wildman–Crippen MR) is 54.0 cm³/mol. The quantitative estimate of drug-likeness (QED) is 0.767. The molecular formula is C11H15N2O. The first-order valence-electron chi connectivity index (χ1n) is 5.08. The van der Waals surface area contributed by atoms with Gasteiger partial charge in [-0.3, -0.25) is 4.98 Å². The molecule has 3 heteroatoms. The van der Waals surface area contributed by atoms with E-state index in [1.54, 1.807) is 0 Å². The molecule has 1 radical (unpaired) electrons. The molecule has 0 spiro atoms. The Kier molecular flexibility index (Phi) is 3.49. The smallest absolute Gasteiger partial charge is 0.0886 e. The van der Waals surface area contributed by atoms with Gasteiger partial charge in [0.15, 0.2) is 0 Å². The first-order valence-corrected chi connectivity index (χ1v) is 5.08. The van der Waals surface area contributed by atoms with Crippen molar-refractivity contribution in [2.75, 3.05) is 19.7 Å². The number of hydrogen-bond acceptors (Lipinski definition) is 3. The second kappa shape index (κ2) is 5.08. The lowest BCUT2D eigenvalue weighted by Crippen LogP contribution is -2.38. The third-order valence-corrected chi connectivity index (χ3v) is 2.44. The SMILES string of the molecule is [c]1ccc(CC[C@H]2CNCCO2)cn1. The van der Waals surface area contributed by atoms with E-state index < -0.39 is 0 Å². The van der Waals surface area contributed by atoms with Crippen LogP contribution in [0.15, 0.2) is 18.3 Å². The van der Waals surface area contributed by atoms with Gasteiger partial charge in [0, 0.05) is 19.3 Å². The van der Waals surface area contributed by atoms with Gasteiger partial charge >= 0.3 is 0 Å². The van der Waals surface area contributed by atoms with E-state index in [0.29, 0.717) is 6.10 Å². The van der Waals surface area contributed by atoms with Crippen LogP contribution in [-0.2, 0) is 11.2 Å². The molecular weight excluding hydrogens is 176 g/mol. The molecule has 75 valence electrons. The Morgan fingerprint density at radius 1 is 1.64 bits per heavy atom. The Morgan fingerprint density at radius 2 is 2.64 bits per heavy atom. The molecule has 2 heterocycles. The van der Waals surface area contributed by atoms with Crippen molar-refractivity contribution in [2.45, 2.75) is 18.9 Å². The number of ether oxygens (including phenoxy) is 1. The molecule has 1 aliphatic heterocycles. The minimum Gasteiger partial charge on any atom is -0.376 e. The van der Waals surface area contributed by atoms with Crippen molar-refractivity contribution < 1.29 is 4.74 Å². The third-order valence-electron chi connectivity index (χ3n) is 2.44. The lowest BCUT2D eigenvalue weighted by atomic mass is 10.1. The van der Waals surface area contributed by atoms with Gasteiger partial charge in [-0.25, -0.2) is 0 Å². The van der Waals surface area contributed by atoms with Crippen LogP contribution in [0.4, 0.5) is 0 Å². The van der Waals surface area contributed by atoms with Crippen LogP contribution in [0.3, 0.4) is 0 Å². The first kappa shape index (κ1) is 9.62. The van der Waals surface area contributed by atoms with E-state index in [4.69, 9.17) is 4.74 Å². The summed E-state index contributed by atoms with van der Waals surface area (Å²) in [5.74, 6) is 0. The molecule has 3 nitrogen and oxygen atoms in total. The Labute approximate surface area is 84.5 Å². The molecule has 0 amide bonds. The van der Waals surface area contributed by atoms with Crippen LogP contribution >= 0.6 is 0 Å². The number of aryl methyl sites for hydroxylation is 1. The molecule has 1 aromatic rings. The first-order chi connectivity index (χ1) is 6.95. The molecule has 0 saturated carbocycles. The minimum absolute atomic E-state index is 0.368. The number of nitrogens with one attached hydrogen (secondary N) is 1. The second-order valence-corrected chi connectivity index (χ2v) is 3.53. The van der Waals surface area contributed by atoms with E-state index in [1.165, 1.54) is 5.56 Å². The van der Waals surface area contributed by atoms with Crippen molar-refractivity contribution >= 4 is 0 Å². The highest BCUT2D eigenvalue weighted by Gasteiger charge is 2.12. The monoisotopic (exact) mass is 191 g/mol. The molecule has 1 atom stereocenters. The second-order valence-electron chi connectivity index (χ2n) is 3.53. The van der Waals surface area contributed by atoms with Crippen molar-refractivity contribution in [1.82, 2.24) is 10.3 Å². The van der Waals surface area contributed by atoms with Gasteiger partial charge in [-0.1, -0.05) is 6.07 Å². The van der Waals surface area contributed by atoms with Gasteiger partial charge in [0.2, 0.25) is 0 Å². The van der Waals surface area contributed by atoms with E-state index in [1.807, 2.05) is 12.3 Å². The fraction of sp³-hybridized carbons (Fsp3) is 0.545. The average Bonchev–Trinajstić information content (AvgIpc) is 2.29. The largest absolute Gasteiger partial charge is 0.376 e. The summed E-state index contributed by atoms with van der Waals surface area (Å²) in [5.41, 5.74) is 1.26. The van der Waals surface area contributed by atoms with Crippen LogP contribution < -0.4 is 5.32 Å². The summed E-state index contributed by atoms with van der Waals surface area (Å²) in [6.07, 6.45) is 7.12. The normalized spacial score (nSPS) is 22.1. The molecule has 1 saturated heterocycles. The van der Waals surface area contributed by atoms with Crippen molar-refractivity contribution in [1.29, 1.82) is 0 Å². The van der Waals surface area contributed by atoms with E-state index >= 15 is 0 Å². The van der Waals surface area contributed by atoms with Crippen LogP contribution in [0, 0.1) is 6.20 Å². The highest BCUT2D eigenvalue weighted by atomic mass is 16.5. The summed E-state index contributed by atoms with van der Waals surface area (Å²) in [6.45, 7) is 2.80. The summed E-state index contributed by atoms with van der Waals surface area (Å²) >= 11 is 0. The van der Waals surface area contributed by atoms with E-state index in [0.717, 1.165) is 32.5 Å². The number of nitrogens with zero attached hydrogens (tertiary/aromatic N) is 1. The Bertz CT molecular complexity index is 257. The molecule has 0 unspecified atom stereocenters. The van der Waals surface area contributed by atoms with E-state index in [9.17, 15) is 0 Å². The van der Waals surface area contributed by atoms with Crippen LogP contribution in [0.5, 0.6) is 0 Å². The molecule has 1 aromatic heterocycles. The van der Waals surface area contributed by atoms with Crippen molar-refractivity contribution in [3.05, 3.63) is 30.1 Å². The standard InChI is InChI=1S/C11H15N2O/c1-2-10(8-12-5-1)3-4-11-9-13-6-7-14-11/h1-2,8,11,13H,3-4,6-7,9H2/t11-/m0/s1. The number of pyridine rings is 1. The number of hydrogen-bond donors (Lipinski definition) is 1. The Morgan fingerprint density at radius 3 is 3.36 bits per heavy atom. The summed E-state index contributed by atoms with van der Waals surface area (Å²) in [5, 5.41) is 3.32. The fourth-order valence-electron chi connectivity index (χ4n) is 1.63. The van der Waals surface area contributed by atoms with Gasteiger partial charge in [-0.15, -0.1) is 0 Å². The molecule has 1 aliphatic rings. The third kappa shape index (κ3) is 2.79. The molecule has 14 heavy (non-hydrogen) atoms. The number of morpholine rings is 1. The topological polar surface area (TPSA) is 34.1 Å². The zero-order valence-electron chi connectivity index (χ0n) is 8.20. The summed E-state index contributed by atoms with van der Waals surface area (Å²) in [7, 11) is 0. The summed E-state index contributed by atoms with van der Waals surface area (Å²) in [6, 6.07) is 3.92. The van der Waals surface area contributed by atoms with Gasteiger partial charge in [0.25, 0.3) is 0 Å². The zero-order valence-corrected chi connectivity index (χ0v) is 8.20. The molecule has 0 aromatic carbocycles. The van der Waals surface area contributed by atoms with Crippen LogP contribution in [-0.4, -0.2) is 30.8 Å². The van der Waals surface area contributed by atoms with Gasteiger partial charge in [0.05, 0.1) is 18.9 Å². The summed E-state index contributed by atoms with van der Waals surface area (Å²) < 4.78 is 5.61. The highest BCUT2D eigenvalue weighted by Crippen LogP contribution is 2.07. The average molecular weight is 191 g/mol. The minimum atomic E-state index is 0.368. The van der Waals surface area contributed by atoms with Crippen LogP contribution in [0.2, 0.25) is 0 Å².